The van der Waals surface area contributed by atoms with Gasteiger partial charge in [0.05, 0.1) is 21.6 Å². The lowest BCUT2D eigenvalue weighted by molar-refractivity contribution is -0.113. The van der Waals surface area contributed by atoms with E-state index in [1.807, 2.05) is 0 Å². The van der Waals surface area contributed by atoms with E-state index < -0.39 is 10.0 Å². The number of nitrogens with zero attached hydrogens (tertiary/aromatic N) is 3. The minimum atomic E-state index is -3.61. The van der Waals surface area contributed by atoms with Crippen LogP contribution in [-0.4, -0.2) is 48.0 Å². The Morgan fingerprint density at radius 2 is 1.90 bits per heavy atom. The Labute approximate surface area is 179 Å². The number of nitrogens with one attached hydrogen (secondary N) is 1. The fourth-order valence-electron chi connectivity index (χ4n) is 2.75. The maximum absolute atomic E-state index is 12.5. The Bertz CT molecular complexity index is 1280. The van der Waals surface area contributed by atoms with Crippen molar-refractivity contribution in [3.8, 4) is 0 Å². The molecular weight excluding hydrogens is 424 g/mol. The standard InChI is InChI=1S/C20H22N4O4S2/c1-13-9-10-14(30(27,28)23(2)3)11-17(13)21-18(25)12-29-20-22-16-8-6-5-7-15(16)19(26)24(20)4/h5-11H,12H2,1-4H3,(H,21,25). The molecule has 10 heteroatoms. The average molecular weight is 447 g/mol. The lowest BCUT2D eigenvalue weighted by Crippen LogP contribution is -2.23. The SMILES string of the molecule is Cc1ccc(S(=O)(=O)N(C)C)cc1NC(=O)CSc1nc2ccccc2c(=O)n1C. The highest BCUT2D eigenvalue weighted by atomic mass is 32.2. The first-order chi connectivity index (χ1) is 14.1. The van der Waals surface area contributed by atoms with Gasteiger partial charge in [0.2, 0.25) is 15.9 Å². The van der Waals surface area contributed by atoms with Crippen LogP contribution in [0.4, 0.5) is 5.69 Å². The van der Waals surface area contributed by atoms with Crippen molar-refractivity contribution in [3.63, 3.8) is 0 Å². The zero-order valence-corrected chi connectivity index (χ0v) is 18.7. The van der Waals surface area contributed by atoms with Crippen LogP contribution in [0.25, 0.3) is 10.9 Å². The van der Waals surface area contributed by atoms with Crippen molar-refractivity contribution in [2.75, 3.05) is 25.2 Å². The summed E-state index contributed by atoms with van der Waals surface area (Å²) in [7, 11) is 0.902. The molecule has 0 bridgehead atoms. The average Bonchev–Trinajstić information content (AvgIpc) is 2.71. The smallest absolute Gasteiger partial charge is 0.261 e. The second-order valence-corrected chi connectivity index (χ2v) is 9.97. The van der Waals surface area contributed by atoms with Crippen LogP contribution in [0, 0.1) is 6.92 Å². The molecule has 2 aromatic carbocycles. The number of fused-ring (bicyclic) bond motifs is 1. The van der Waals surface area contributed by atoms with Crippen LogP contribution in [0.15, 0.2) is 57.3 Å². The third-order valence-corrected chi connectivity index (χ3v) is 7.38. The maximum Gasteiger partial charge on any atom is 0.261 e. The van der Waals surface area contributed by atoms with Crippen molar-refractivity contribution in [1.29, 1.82) is 0 Å². The summed E-state index contributed by atoms with van der Waals surface area (Å²) >= 11 is 1.14. The van der Waals surface area contributed by atoms with Crippen LogP contribution >= 0.6 is 11.8 Å². The number of para-hydroxylation sites is 1. The molecule has 0 saturated carbocycles. The van der Waals surface area contributed by atoms with E-state index in [9.17, 15) is 18.0 Å². The Balaban J connectivity index is 1.78. The molecule has 30 heavy (non-hydrogen) atoms. The second-order valence-electron chi connectivity index (χ2n) is 6.88. The second kappa shape index (κ2) is 8.58. The summed E-state index contributed by atoms with van der Waals surface area (Å²) in [5.41, 5.74) is 1.55. The zero-order valence-electron chi connectivity index (χ0n) is 17.0. The lowest BCUT2D eigenvalue weighted by atomic mass is 10.2. The number of amides is 1. The summed E-state index contributed by atoms with van der Waals surface area (Å²) < 4.78 is 27.2. The van der Waals surface area contributed by atoms with Crippen molar-refractivity contribution in [2.45, 2.75) is 17.0 Å². The number of carbonyl (C=O) groups excluding carboxylic acids is 1. The van der Waals surface area contributed by atoms with Gasteiger partial charge in [0.15, 0.2) is 5.16 Å². The summed E-state index contributed by atoms with van der Waals surface area (Å²) in [4.78, 5) is 29.5. The highest BCUT2D eigenvalue weighted by molar-refractivity contribution is 7.99. The number of aryl methyl sites for hydroxylation is 1. The number of sulfonamides is 1. The summed E-state index contributed by atoms with van der Waals surface area (Å²) in [5.74, 6) is -0.312. The predicted octanol–water partition coefficient (Wildman–Crippen LogP) is 2.22. The molecule has 1 N–H and O–H groups in total. The molecule has 0 fully saturated rings. The molecule has 1 aromatic heterocycles. The van der Waals surface area contributed by atoms with Crippen molar-refractivity contribution in [3.05, 3.63) is 58.4 Å². The molecule has 1 heterocycles. The zero-order chi connectivity index (χ0) is 22.1. The van der Waals surface area contributed by atoms with Crippen LogP contribution in [-0.2, 0) is 21.9 Å². The summed E-state index contributed by atoms with van der Waals surface area (Å²) in [6.45, 7) is 1.78. The fraction of sp³-hybridized carbons (Fsp3) is 0.250. The van der Waals surface area contributed by atoms with Gasteiger partial charge in [-0.3, -0.25) is 14.2 Å². The van der Waals surface area contributed by atoms with Crippen molar-refractivity contribution >= 4 is 44.3 Å². The van der Waals surface area contributed by atoms with Crippen LogP contribution in [0.3, 0.4) is 0 Å². The monoisotopic (exact) mass is 446 g/mol. The summed E-state index contributed by atoms with van der Waals surface area (Å²) in [6.07, 6.45) is 0. The van der Waals surface area contributed by atoms with Crippen LogP contribution in [0.2, 0.25) is 0 Å². The van der Waals surface area contributed by atoms with E-state index in [2.05, 4.69) is 10.3 Å². The van der Waals surface area contributed by atoms with Gasteiger partial charge in [-0.15, -0.1) is 0 Å². The van der Waals surface area contributed by atoms with E-state index in [-0.39, 0.29) is 22.1 Å². The maximum atomic E-state index is 12.5. The number of carbonyl (C=O) groups is 1. The molecule has 0 saturated heterocycles. The first-order valence-electron chi connectivity index (χ1n) is 9.03. The minimum Gasteiger partial charge on any atom is -0.325 e. The first-order valence-corrected chi connectivity index (χ1v) is 11.5. The van der Waals surface area contributed by atoms with E-state index in [4.69, 9.17) is 0 Å². The summed E-state index contributed by atoms with van der Waals surface area (Å²) in [5, 5.41) is 3.69. The molecular formula is C20H22N4O4S2. The number of rotatable bonds is 6. The lowest BCUT2D eigenvalue weighted by Gasteiger charge is -2.14. The largest absolute Gasteiger partial charge is 0.325 e. The van der Waals surface area contributed by atoms with Gasteiger partial charge in [-0.2, -0.15) is 0 Å². The van der Waals surface area contributed by atoms with Crippen molar-refractivity contribution in [2.24, 2.45) is 7.05 Å². The van der Waals surface area contributed by atoms with Gasteiger partial charge in [0.25, 0.3) is 5.56 Å². The Hall–Kier alpha value is -2.69. The Kier molecular flexibility index (Phi) is 6.30. The minimum absolute atomic E-state index is 0.0166. The summed E-state index contributed by atoms with van der Waals surface area (Å²) in [6, 6.07) is 11.6. The molecule has 0 aliphatic carbocycles. The molecule has 0 unspecified atom stereocenters. The van der Waals surface area contributed by atoms with Crippen LogP contribution in [0.5, 0.6) is 0 Å². The normalized spacial score (nSPS) is 11.8. The van der Waals surface area contributed by atoms with Crippen LogP contribution in [0.1, 0.15) is 5.56 Å². The van der Waals surface area contributed by atoms with Crippen molar-refractivity contribution in [1.82, 2.24) is 13.9 Å². The quantitative estimate of drug-likeness (QED) is 0.460. The predicted molar refractivity (Wildman–Crippen MR) is 118 cm³/mol. The number of aromatic nitrogens is 2. The van der Waals surface area contributed by atoms with E-state index >= 15 is 0 Å². The van der Waals surface area contributed by atoms with Gasteiger partial charge in [-0.05, 0) is 36.8 Å². The Morgan fingerprint density at radius 3 is 2.60 bits per heavy atom. The first kappa shape index (κ1) is 22.0. The van der Waals surface area contributed by atoms with E-state index in [1.54, 1.807) is 44.3 Å². The topological polar surface area (TPSA) is 101 Å². The van der Waals surface area contributed by atoms with E-state index in [0.717, 1.165) is 21.6 Å². The Morgan fingerprint density at radius 1 is 1.20 bits per heavy atom. The molecule has 0 aliphatic rings. The van der Waals surface area contributed by atoms with Crippen LogP contribution < -0.4 is 10.9 Å². The molecule has 0 atom stereocenters. The highest BCUT2D eigenvalue weighted by Gasteiger charge is 2.19. The number of hydrogen-bond acceptors (Lipinski definition) is 6. The van der Waals surface area contributed by atoms with Gasteiger partial charge in [0.1, 0.15) is 0 Å². The molecule has 3 rings (SSSR count). The third kappa shape index (κ3) is 4.40. The number of hydrogen-bond donors (Lipinski definition) is 1. The van der Waals surface area contributed by atoms with Gasteiger partial charge >= 0.3 is 0 Å². The van der Waals surface area contributed by atoms with E-state index in [0.29, 0.717) is 21.7 Å². The third-order valence-electron chi connectivity index (χ3n) is 4.54. The molecule has 0 aliphatic heterocycles. The van der Waals surface area contributed by atoms with Gasteiger partial charge in [0, 0.05) is 26.8 Å². The molecule has 0 radical (unpaired) electrons. The molecule has 158 valence electrons. The number of benzene rings is 2. The fourth-order valence-corrected chi connectivity index (χ4v) is 4.45. The molecule has 0 spiro atoms. The van der Waals surface area contributed by atoms with Crippen molar-refractivity contribution < 1.29 is 13.2 Å². The molecule has 1 amide bonds. The molecule has 3 aromatic rings. The van der Waals surface area contributed by atoms with E-state index in [1.165, 1.54) is 30.8 Å². The number of anilines is 1. The molecule has 8 nitrogen and oxygen atoms in total. The number of thioether (sulfide) groups is 1. The van der Waals surface area contributed by atoms with Gasteiger partial charge in [-0.1, -0.05) is 30.0 Å². The highest BCUT2D eigenvalue weighted by Crippen LogP contribution is 2.23. The van der Waals surface area contributed by atoms with Gasteiger partial charge in [-0.25, -0.2) is 17.7 Å². The van der Waals surface area contributed by atoms with Gasteiger partial charge < -0.3 is 5.32 Å².